The fraction of sp³-hybridized carbons (Fsp3) is 0.810. The third-order valence-corrected chi connectivity index (χ3v) is 7.91. The van der Waals surface area contributed by atoms with Gasteiger partial charge < -0.3 is 15.5 Å². The van der Waals surface area contributed by atoms with Crippen LogP contribution in [0.3, 0.4) is 0 Å². The highest BCUT2D eigenvalue weighted by atomic mass is 35.5. The molecule has 2 saturated carbocycles. The maximum atomic E-state index is 13.0. The first-order chi connectivity index (χ1) is 14.8. The number of rotatable bonds is 4. The second-order valence-corrected chi connectivity index (χ2v) is 10.7. The second-order valence-electron chi connectivity index (χ2n) is 9.46. The van der Waals surface area contributed by atoms with E-state index >= 15 is 0 Å². The summed E-state index contributed by atoms with van der Waals surface area (Å²) >= 11 is 12.4. The van der Waals surface area contributed by atoms with Crippen LogP contribution < -0.4 is 16.0 Å². The predicted molar refractivity (Wildman–Crippen MR) is 116 cm³/mol. The Labute approximate surface area is 192 Å². The van der Waals surface area contributed by atoms with E-state index in [0.717, 1.165) is 32.1 Å². The molecule has 2 saturated heterocycles. The number of alkyl halides is 2. The van der Waals surface area contributed by atoms with E-state index in [4.69, 9.17) is 23.2 Å². The highest BCUT2D eigenvalue weighted by molar-refractivity contribution is 6.23. The van der Waals surface area contributed by atoms with Crippen molar-refractivity contribution in [2.24, 2.45) is 17.8 Å². The molecule has 4 rings (SSSR count). The highest BCUT2D eigenvalue weighted by Crippen LogP contribution is 2.41. The first kappa shape index (κ1) is 22.6. The van der Waals surface area contributed by atoms with E-state index in [-0.39, 0.29) is 64.7 Å². The number of carbonyl (C=O) groups is 4. The van der Waals surface area contributed by atoms with Crippen molar-refractivity contribution in [2.45, 2.75) is 74.2 Å². The molecule has 8 nitrogen and oxygen atoms in total. The van der Waals surface area contributed by atoms with E-state index in [1.807, 2.05) is 0 Å². The summed E-state index contributed by atoms with van der Waals surface area (Å²) in [6.45, 7) is 1.10. The SMILES string of the molecule is O=C1CCC(N2CC3CCC(CNC(=O)NC4CC(Cl)CC(Cl)C4)CC3C2=O)C(=O)N1. The Kier molecular flexibility index (Phi) is 6.96. The smallest absolute Gasteiger partial charge is 0.315 e. The van der Waals surface area contributed by atoms with Gasteiger partial charge in [0.05, 0.1) is 0 Å². The predicted octanol–water partition coefficient (Wildman–Crippen LogP) is 1.73. The summed E-state index contributed by atoms with van der Waals surface area (Å²) in [5, 5.41) is 8.23. The minimum atomic E-state index is -0.537. The topological polar surface area (TPSA) is 108 Å². The summed E-state index contributed by atoms with van der Waals surface area (Å²) in [5.41, 5.74) is 0. The molecule has 3 N–H and O–H groups in total. The molecular formula is C21H30Cl2N4O4. The van der Waals surface area contributed by atoms with Crippen molar-refractivity contribution in [2.75, 3.05) is 13.1 Å². The Morgan fingerprint density at radius 2 is 1.77 bits per heavy atom. The average molecular weight is 473 g/mol. The summed E-state index contributed by atoms with van der Waals surface area (Å²) in [7, 11) is 0. The van der Waals surface area contributed by atoms with Crippen LogP contribution in [0.1, 0.15) is 51.4 Å². The van der Waals surface area contributed by atoms with E-state index in [1.54, 1.807) is 4.90 Å². The molecule has 10 heteroatoms. The molecule has 2 heterocycles. The normalized spacial score (nSPS) is 38.5. The van der Waals surface area contributed by atoms with Gasteiger partial charge in [-0.15, -0.1) is 23.2 Å². The standard InChI is InChI=1S/C21H30Cl2N4O4/c22-13-6-14(23)8-15(7-13)25-21(31)24-9-11-1-2-12-10-27(20(30)16(12)5-11)17-3-4-18(28)26-19(17)29/h11-17H,1-10H2,(H2,24,25,31)(H,26,28,29). The third-order valence-electron chi connectivity index (χ3n) is 7.20. The molecule has 4 fully saturated rings. The van der Waals surface area contributed by atoms with Gasteiger partial charge in [-0.3, -0.25) is 19.7 Å². The van der Waals surface area contributed by atoms with Crippen molar-refractivity contribution >= 4 is 47.0 Å². The third kappa shape index (κ3) is 5.28. The van der Waals surface area contributed by atoms with Crippen molar-refractivity contribution in [3.63, 3.8) is 0 Å². The fourth-order valence-electron chi connectivity index (χ4n) is 5.62. The van der Waals surface area contributed by atoms with E-state index in [9.17, 15) is 19.2 Å². The van der Waals surface area contributed by atoms with Gasteiger partial charge in [0.15, 0.2) is 0 Å². The average Bonchev–Trinajstić information content (AvgIpc) is 3.01. The number of hydrogen-bond donors (Lipinski definition) is 3. The number of imide groups is 1. The van der Waals surface area contributed by atoms with Gasteiger partial charge in [0.2, 0.25) is 17.7 Å². The Balaban J connectivity index is 1.25. The van der Waals surface area contributed by atoms with Crippen LogP contribution in [0.15, 0.2) is 0 Å². The van der Waals surface area contributed by atoms with Crippen LogP contribution in [0.5, 0.6) is 0 Å². The van der Waals surface area contributed by atoms with Gasteiger partial charge in [0, 0.05) is 42.2 Å². The van der Waals surface area contributed by atoms with Gasteiger partial charge in [0.1, 0.15) is 6.04 Å². The first-order valence-electron chi connectivity index (χ1n) is 11.3. The minimum Gasteiger partial charge on any atom is -0.338 e. The summed E-state index contributed by atoms with van der Waals surface area (Å²) in [6.07, 6.45) is 5.42. The minimum absolute atomic E-state index is 0.0113. The van der Waals surface area contributed by atoms with Gasteiger partial charge in [-0.25, -0.2) is 4.79 Å². The van der Waals surface area contributed by atoms with Crippen LogP contribution in [-0.4, -0.2) is 64.6 Å². The number of urea groups is 1. The lowest BCUT2D eigenvalue weighted by molar-refractivity contribution is -0.144. The molecule has 6 atom stereocenters. The summed E-state index contributed by atoms with van der Waals surface area (Å²) in [6, 6.07) is -0.775. The van der Waals surface area contributed by atoms with Gasteiger partial charge in [-0.1, -0.05) is 0 Å². The van der Waals surface area contributed by atoms with Crippen LogP contribution in [0.2, 0.25) is 0 Å². The maximum Gasteiger partial charge on any atom is 0.315 e. The Morgan fingerprint density at radius 1 is 1.03 bits per heavy atom. The number of nitrogens with one attached hydrogen (secondary N) is 3. The number of piperidine rings is 1. The van der Waals surface area contributed by atoms with E-state index in [2.05, 4.69) is 16.0 Å². The van der Waals surface area contributed by atoms with Gasteiger partial charge >= 0.3 is 6.03 Å². The molecule has 0 spiro atoms. The van der Waals surface area contributed by atoms with Crippen molar-refractivity contribution in [1.29, 1.82) is 0 Å². The Hall–Kier alpha value is -1.54. The van der Waals surface area contributed by atoms with Crippen molar-refractivity contribution < 1.29 is 19.2 Å². The second kappa shape index (κ2) is 9.53. The monoisotopic (exact) mass is 472 g/mol. The van der Waals surface area contributed by atoms with Crippen LogP contribution in [0, 0.1) is 17.8 Å². The molecular weight excluding hydrogens is 443 g/mol. The van der Waals surface area contributed by atoms with E-state index in [0.29, 0.717) is 25.9 Å². The molecule has 5 amide bonds. The number of carbonyl (C=O) groups excluding carboxylic acids is 4. The number of hydrogen-bond acceptors (Lipinski definition) is 4. The molecule has 31 heavy (non-hydrogen) atoms. The van der Waals surface area contributed by atoms with E-state index in [1.165, 1.54) is 0 Å². The van der Waals surface area contributed by atoms with Crippen LogP contribution in [0.25, 0.3) is 0 Å². The van der Waals surface area contributed by atoms with Gasteiger partial charge in [-0.2, -0.15) is 0 Å². The van der Waals surface area contributed by atoms with Crippen molar-refractivity contribution in [3.8, 4) is 0 Å². The summed E-state index contributed by atoms with van der Waals surface area (Å²) in [4.78, 5) is 50.6. The largest absolute Gasteiger partial charge is 0.338 e. The maximum absolute atomic E-state index is 13.0. The molecule has 0 bridgehead atoms. The molecule has 0 aromatic carbocycles. The molecule has 0 radical (unpaired) electrons. The van der Waals surface area contributed by atoms with Crippen molar-refractivity contribution in [3.05, 3.63) is 0 Å². The Bertz CT molecular complexity index is 741. The fourth-order valence-corrected chi connectivity index (χ4v) is 6.57. The number of amides is 5. The number of nitrogens with zero attached hydrogens (tertiary/aromatic N) is 1. The number of fused-ring (bicyclic) bond motifs is 1. The summed E-state index contributed by atoms with van der Waals surface area (Å²) in [5.74, 6) is -0.263. The van der Waals surface area contributed by atoms with Crippen LogP contribution in [0.4, 0.5) is 4.79 Å². The van der Waals surface area contributed by atoms with Gasteiger partial charge in [-0.05, 0) is 56.8 Å². The van der Waals surface area contributed by atoms with Crippen LogP contribution >= 0.6 is 23.2 Å². The first-order valence-corrected chi connectivity index (χ1v) is 12.1. The molecule has 6 unspecified atom stereocenters. The molecule has 0 aromatic rings. The zero-order valence-electron chi connectivity index (χ0n) is 17.4. The lowest BCUT2D eigenvalue weighted by Gasteiger charge is -2.31. The van der Waals surface area contributed by atoms with E-state index < -0.39 is 6.04 Å². The number of halogens is 2. The highest BCUT2D eigenvalue weighted by Gasteiger charge is 2.48. The summed E-state index contributed by atoms with van der Waals surface area (Å²) < 4.78 is 0. The lowest BCUT2D eigenvalue weighted by atomic mass is 9.75. The molecule has 0 aromatic heterocycles. The van der Waals surface area contributed by atoms with Crippen molar-refractivity contribution in [1.82, 2.24) is 20.9 Å². The number of likely N-dealkylation sites (tertiary alicyclic amines) is 1. The lowest BCUT2D eigenvalue weighted by Crippen LogP contribution is -2.53. The molecule has 2 aliphatic carbocycles. The molecule has 4 aliphatic rings. The quantitative estimate of drug-likeness (QED) is 0.427. The van der Waals surface area contributed by atoms with Crippen LogP contribution in [-0.2, 0) is 14.4 Å². The zero-order chi connectivity index (χ0) is 22.1. The molecule has 172 valence electrons. The zero-order valence-corrected chi connectivity index (χ0v) is 19.0. The van der Waals surface area contributed by atoms with Gasteiger partial charge in [0.25, 0.3) is 0 Å². The molecule has 2 aliphatic heterocycles. The Morgan fingerprint density at radius 3 is 2.48 bits per heavy atom.